The lowest BCUT2D eigenvalue weighted by Gasteiger charge is -2.25. The van der Waals surface area contributed by atoms with Gasteiger partial charge >= 0.3 is 6.18 Å². The van der Waals surface area contributed by atoms with Crippen LogP contribution in [0.5, 0.6) is 0 Å². The molecular formula is C24H20F3N3S. The van der Waals surface area contributed by atoms with Crippen molar-refractivity contribution in [3.8, 4) is 0 Å². The van der Waals surface area contributed by atoms with Crippen LogP contribution in [0.15, 0.2) is 66.7 Å². The lowest BCUT2D eigenvalue weighted by atomic mass is 9.87. The first-order valence-corrected chi connectivity index (χ1v) is 10.7. The molecule has 3 nitrogen and oxygen atoms in total. The normalized spacial score (nSPS) is 15.3. The third kappa shape index (κ3) is 3.53. The molecule has 2 heterocycles. The molecule has 1 N–H and O–H groups in total. The fourth-order valence-electron chi connectivity index (χ4n) is 4.15. The second kappa shape index (κ2) is 6.99. The minimum atomic E-state index is -4.38. The summed E-state index contributed by atoms with van der Waals surface area (Å²) in [7, 11) is 0. The van der Waals surface area contributed by atoms with E-state index in [1.54, 1.807) is 0 Å². The molecule has 1 aliphatic heterocycles. The molecule has 0 amide bonds. The summed E-state index contributed by atoms with van der Waals surface area (Å²) >= 11 is 1.34. The molecule has 0 bridgehead atoms. The van der Waals surface area contributed by atoms with Crippen molar-refractivity contribution in [3.05, 3.63) is 77.9 Å². The van der Waals surface area contributed by atoms with Crippen LogP contribution >= 0.6 is 11.3 Å². The molecule has 0 radical (unpaired) electrons. The average Bonchev–Trinajstić information content (AvgIpc) is 3.25. The van der Waals surface area contributed by atoms with Gasteiger partial charge in [0.1, 0.15) is 0 Å². The maximum Gasteiger partial charge on any atom is 0.416 e. The average molecular weight is 440 g/mol. The van der Waals surface area contributed by atoms with Crippen LogP contribution in [0.1, 0.15) is 25.0 Å². The van der Waals surface area contributed by atoms with Gasteiger partial charge in [0.25, 0.3) is 0 Å². The third-order valence-electron chi connectivity index (χ3n) is 5.63. The van der Waals surface area contributed by atoms with Crippen LogP contribution in [-0.4, -0.2) is 11.5 Å². The number of rotatable bonds is 3. The Labute approximate surface area is 182 Å². The Morgan fingerprint density at radius 3 is 2.45 bits per heavy atom. The van der Waals surface area contributed by atoms with Crippen molar-refractivity contribution in [1.29, 1.82) is 0 Å². The first-order valence-electron chi connectivity index (χ1n) is 9.93. The number of para-hydroxylation sites is 3. The molecule has 0 saturated heterocycles. The van der Waals surface area contributed by atoms with Gasteiger partial charge in [-0.2, -0.15) is 13.2 Å². The van der Waals surface area contributed by atoms with E-state index in [0.717, 1.165) is 30.1 Å². The number of nitrogens with one attached hydrogen (secondary N) is 1. The first-order chi connectivity index (χ1) is 14.7. The molecular weight excluding hydrogens is 419 g/mol. The van der Waals surface area contributed by atoms with Crippen LogP contribution < -0.4 is 10.2 Å². The Kier molecular flexibility index (Phi) is 4.48. The van der Waals surface area contributed by atoms with Crippen molar-refractivity contribution in [3.63, 3.8) is 0 Å². The zero-order valence-electron chi connectivity index (χ0n) is 17.0. The molecule has 0 aliphatic carbocycles. The Hall–Kier alpha value is -3.06. The van der Waals surface area contributed by atoms with Crippen LogP contribution in [0.3, 0.4) is 0 Å². The van der Waals surface area contributed by atoms with Crippen molar-refractivity contribution < 1.29 is 13.2 Å². The Bertz CT molecular complexity index is 1280. The van der Waals surface area contributed by atoms with Gasteiger partial charge in [-0.15, -0.1) is 0 Å². The van der Waals surface area contributed by atoms with Gasteiger partial charge in [-0.1, -0.05) is 55.5 Å². The molecule has 0 saturated carbocycles. The number of fused-ring (bicyclic) bond motifs is 2. The number of hydrogen-bond donors (Lipinski definition) is 1. The molecule has 1 aromatic heterocycles. The minimum absolute atomic E-state index is 0.00750. The van der Waals surface area contributed by atoms with Gasteiger partial charge in [0.2, 0.25) is 0 Å². The highest BCUT2D eigenvalue weighted by molar-refractivity contribution is 7.22. The zero-order chi connectivity index (χ0) is 21.8. The van der Waals surface area contributed by atoms with Gasteiger partial charge in [0.15, 0.2) is 5.13 Å². The molecule has 31 heavy (non-hydrogen) atoms. The molecule has 1 aliphatic rings. The van der Waals surface area contributed by atoms with E-state index in [9.17, 15) is 13.2 Å². The van der Waals surface area contributed by atoms with E-state index in [1.165, 1.54) is 28.7 Å². The molecule has 5 rings (SSSR count). The molecule has 0 atom stereocenters. The van der Waals surface area contributed by atoms with Crippen molar-refractivity contribution >= 4 is 43.7 Å². The Morgan fingerprint density at radius 1 is 0.968 bits per heavy atom. The van der Waals surface area contributed by atoms with E-state index in [1.807, 2.05) is 24.3 Å². The number of halogens is 3. The third-order valence-corrected chi connectivity index (χ3v) is 6.58. The summed E-state index contributed by atoms with van der Waals surface area (Å²) < 4.78 is 39.8. The maximum atomic E-state index is 13.0. The highest BCUT2D eigenvalue weighted by Crippen LogP contribution is 2.46. The minimum Gasteiger partial charge on any atom is -0.339 e. The van der Waals surface area contributed by atoms with E-state index in [4.69, 9.17) is 0 Å². The summed E-state index contributed by atoms with van der Waals surface area (Å²) in [6, 6.07) is 20.0. The monoisotopic (exact) mass is 439 g/mol. The van der Waals surface area contributed by atoms with Crippen LogP contribution in [-0.2, 0) is 11.6 Å². The maximum absolute atomic E-state index is 13.0. The number of anilines is 4. The number of hydrogen-bond acceptors (Lipinski definition) is 4. The summed E-state index contributed by atoms with van der Waals surface area (Å²) in [5.74, 6) is 0. The van der Waals surface area contributed by atoms with Gasteiger partial charge < -0.3 is 10.2 Å². The van der Waals surface area contributed by atoms with E-state index >= 15 is 0 Å². The van der Waals surface area contributed by atoms with E-state index in [-0.39, 0.29) is 5.41 Å². The van der Waals surface area contributed by atoms with Gasteiger partial charge in [0, 0.05) is 17.6 Å². The fraction of sp³-hybridized carbons (Fsp3) is 0.208. The van der Waals surface area contributed by atoms with E-state index < -0.39 is 11.7 Å². The lowest BCUT2D eigenvalue weighted by molar-refractivity contribution is -0.137. The molecule has 3 aromatic carbocycles. The van der Waals surface area contributed by atoms with Gasteiger partial charge in [-0.25, -0.2) is 4.98 Å². The predicted octanol–water partition coefficient (Wildman–Crippen LogP) is 7.49. The summed E-state index contributed by atoms with van der Waals surface area (Å²) in [5.41, 5.74) is 4.00. The molecule has 0 unspecified atom stereocenters. The number of benzene rings is 3. The highest BCUT2D eigenvalue weighted by atomic mass is 32.1. The van der Waals surface area contributed by atoms with Gasteiger partial charge in [-0.05, 0) is 42.0 Å². The summed E-state index contributed by atoms with van der Waals surface area (Å²) in [4.78, 5) is 6.70. The topological polar surface area (TPSA) is 28.2 Å². The smallest absolute Gasteiger partial charge is 0.339 e. The summed E-state index contributed by atoms with van der Waals surface area (Å²) in [5, 5.41) is 3.90. The van der Waals surface area contributed by atoms with Crippen molar-refractivity contribution in [2.45, 2.75) is 25.4 Å². The zero-order valence-corrected chi connectivity index (χ0v) is 17.8. The number of nitrogens with zero attached hydrogens (tertiary/aromatic N) is 2. The number of aromatic nitrogens is 1. The second-order valence-electron chi connectivity index (χ2n) is 8.33. The second-order valence-corrected chi connectivity index (χ2v) is 9.36. The molecule has 158 valence electrons. The molecule has 4 aromatic rings. The fourth-order valence-corrected chi connectivity index (χ4v) is 5.01. The van der Waals surface area contributed by atoms with Crippen LogP contribution in [0.4, 0.5) is 35.4 Å². The summed E-state index contributed by atoms with van der Waals surface area (Å²) in [6.07, 6.45) is -4.38. The molecule has 0 spiro atoms. The van der Waals surface area contributed by atoms with Crippen LogP contribution in [0.2, 0.25) is 0 Å². The van der Waals surface area contributed by atoms with E-state index in [2.05, 4.69) is 53.3 Å². The van der Waals surface area contributed by atoms with Gasteiger partial charge in [-0.3, -0.25) is 0 Å². The number of thiazole rings is 1. The lowest BCUT2D eigenvalue weighted by Crippen LogP contribution is -2.25. The van der Waals surface area contributed by atoms with E-state index in [0.29, 0.717) is 15.3 Å². The van der Waals surface area contributed by atoms with Crippen LogP contribution in [0, 0.1) is 0 Å². The molecule has 0 fully saturated rings. The predicted molar refractivity (Wildman–Crippen MR) is 121 cm³/mol. The Balaban J connectivity index is 1.51. The van der Waals surface area contributed by atoms with Crippen molar-refractivity contribution in [1.82, 2.24) is 4.98 Å². The molecule has 7 heteroatoms. The first kappa shape index (κ1) is 19.9. The Morgan fingerprint density at radius 2 is 1.68 bits per heavy atom. The van der Waals surface area contributed by atoms with Crippen molar-refractivity contribution in [2.75, 3.05) is 16.8 Å². The largest absolute Gasteiger partial charge is 0.416 e. The quantitative estimate of drug-likeness (QED) is 0.358. The summed E-state index contributed by atoms with van der Waals surface area (Å²) in [6.45, 7) is 5.29. The SMILES string of the molecule is CC1(C)CN(c2ccccc2Nc2nc3cc(C(F)(F)F)ccc3s2)c2ccccc21. The number of alkyl halides is 3. The van der Waals surface area contributed by atoms with Gasteiger partial charge in [0.05, 0.1) is 27.2 Å². The van der Waals surface area contributed by atoms with Crippen molar-refractivity contribution in [2.24, 2.45) is 0 Å². The van der Waals surface area contributed by atoms with Crippen LogP contribution in [0.25, 0.3) is 10.2 Å². The highest BCUT2D eigenvalue weighted by Gasteiger charge is 2.36. The standard InChI is InChI=1S/C24H20F3N3S/c1-23(2)14-30(19-9-5-3-7-16(19)23)20-10-6-4-8-17(20)28-22-29-18-13-15(24(25,26)27)11-12-21(18)31-22/h3-13H,14H2,1-2H3,(H,28,29).